The second-order valence-electron chi connectivity index (χ2n) is 2.74. The number of nitrogens with two attached hydrogens (primary N) is 1. The van der Waals surface area contributed by atoms with Crippen LogP contribution in [0.25, 0.3) is 0 Å². The molecule has 76 valence electrons. The summed E-state index contributed by atoms with van der Waals surface area (Å²) in [6.07, 6.45) is 0.622. The number of nitro benzene ring substituents is 1. The lowest BCUT2D eigenvalue weighted by Crippen LogP contribution is -1.98. The lowest BCUT2D eigenvalue weighted by Gasteiger charge is -2.04. The predicted molar refractivity (Wildman–Crippen MR) is 56.7 cm³/mol. The molecule has 0 aliphatic heterocycles. The highest BCUT2D eigenvalue weighted by Gasteiger charge is 2.15. The third-order valence-corrected chi connectivity index (χ3v) is 2.19. The summed E-state index contributed by atoms with van der Waals surface area (Å²) in [7, 11) is 0. The van der Waals surface area contributed by atoms with Crippen LogP contribution in [0.15, 0.2) is 12.1 Å². The average molecular weight is 261 g/mol. The second kappa shape index (κ2) is 4.28. The number of hydrogen-bond donors (Lipinski definition) is 2. The Labute approximate surface area is 88.8 Å². The van der Waals surface area contributed by atoms with Gasteiger partial charge in [0.15, 0.2) is 5.75 Å². The molecule has 14 heavy (non-hydrogen) atoms. The molecule has 0 amide bonds. The van der Waals surface area contributed by atoms with Gasteiger partial charge >= 0.3 is 5.69 Å². The second-order valence-corrected chi connectivity index (χ2v) is 3.53. The van der Waals surface area contributed by atoms with E-state index in [1.54, 1.807) is 0 Å². The van der Waals surface area contributed by atoms with Gasteiger partial charge in [0.2, 0.25) is 0 Å². The van der Waals surface area contributed by atoms with Crippen molar-refractivity contribution in [2.24, 2.45) is 0 Å². The molecule has 0 bridgehead atoms. The van der Waals surface area contributed by atoms with Gasteiger partial charge in [-0.1, -0.05) is 15.9 Å². The Bertz CT molecular complexity index is 368. The predicted octanol–water partition coefficient (Wildman–Crippen LogP) is 1.82. The molecule has 3 N–H and O–H groups in total. The Balaban J connectivity index is 3.17. The Morgan fingerprint density at radius 2 is 2.21 bits per heavy atom. The molecular formula is C8H9BrN2O3. The summed E-state index contributed by atoms with van der Waals surface area (Å²) in [5.74, 6) is -0.347. The zero-order valence-corrected chi connectivity index (χ0v) is 8.82. The van der Waals surface area contributed by atoms with Gasteiger partial charge < -0.3 is 10.8 Å². The number of alkyl halides is 1. The molecule has 0 aliphatic carbocycles. The zero-order chi connectivity index (χ0) is 10.7. The van der Waals surface area contributed by atoms with Crippen LogP contribution in [0.2, 0.25) is 0 Å². The van der Waals surface area contributed by atoms with E-state index in [0.29, 0.717) is 23.0 Å². The molecule has 1 rings (SSSR count). The number of halogens is 1. The molecule has 1 aromatic rings. The Kier molecular flexibility index (Phi) is 3.29. The van der Waals surface area contributed by atoms with Gasteiger partial charge in [-0.25, -0.2) is 0 Å². The Morgan fingerprint density at radius 3 is 2.71 bits per heavy atom. The standard InChI is InChI=1S/C8H9BrN2O3/c9-2-1-5-3-8(12)7(11(13)14)4-6(5)10/h3-4,12H,1-2,10H2. The van der Waals surface area contributed by atoms with Crippen LogP contribution in [-0.2, 0) is 6.42 Å². The fourth-order valence-corrected chi connectivity index (χ4v) is 1.53. The van der Waals surface area contributed by atoms with Gasteiger partial charge in [0.25, 0.3) is 0 Å². The highest BCUT2D eigenvalue weighted by Crippen LogP contribution is 2.30. The molecule has 0 radical (unpaired) electrons. The molecule has 6 heteroatoms. The van der Waals surface area contributed by atoms with Crippen molar-refractivity contribution < 1.29 is 10.0 Å². The van der Waals surface area contributed by atoms with E-state index in [1.165, 1.54) is 12.1 Å². The number of aromatic hydroxyl groups is 1. The van der Waals surface area contributed by atoms with Crippen LogP contribution >= 0.6 is 15.9 Å². The van der Waals surface area contributed by atoms with Crippen molar-refractivity contribution in [3.8, 4) is 5.75 Å². The first kappa shape index (κ1) is 10.8. The summed E-state index contributed by atoms with van der Waals surface area (Å²) >= 11 is 3.22. The molecule has 0 saturated carbocycles. The fraction of sp³-hybridized carbons (Fsp3) is 0.250. The van der Waals surface area contributed by atoms with E-state index >= 15 is 0 Å². The Hall–Kier alpha value is -1.30. The fourth-order valence-electron chi connectivity index (χ4n) is 1.10. The van der Waals surface area contributed by atoms with E-state index in [9.17, 15) is 15.2 Å². The largest absolute Gasteiger partial charge is 0.502 e. The number of hydrogen-bond acceptors (Lipinski definition) is 4. The van der Waals surface area contributed by atoms with Gasteiger partial charge in [-0.15, -0.1) is 0 Å². The summed E-state index contributed by atoms with van der Waals surface area (Å²) in [4.78, 5) is 9.76. The van der Waals surface area contributed by atoms with Crippen molar-refractivity contribution in [3.05, 3.63) is 27.8 Å². The maximum Gasteiger partial charge on any atom is 0.312 e. The summed E-state index contributed by atoms with van der Waals surface area (Å²) in [6.45, 7) is 0. The molecule has 0 spiro atoms. The van der Waals surface area contributed by atoms with E-state index in [1.807, 2.05) is 0 Å². The summed E-state index contributed by atoms with van der Waals surface area (Å²) in [6, 6.07) is 2.50. The maximum atomic E-state index is 10.4. The smallest absolute Gasteiger partial charge is 0.312 e. The van der Waals surface area contributed by atoms with Crippen LogP contribution in [0.5, 0.6) is 5.75 Å². The van der Waals surface area contributed by atoms with Crippen LogP contribution in [0.1, 0.15) is 5.56 Å². The number of anilines is 1. The highest BCUT2D eigenvalue weighted by atomic mass is 79.9. The SMILES string of the molecule is Nc1cc([N+](=O)[O-])c(O)cc1CCBr. The van der Waals surface area contributed by atoms with E-state index in [4.69, 9.17) is 5.73 Å². The van der Waals surface area contributed by atoms with Gasteiger partial charge in [0, 0.05) is 17.1 Å². The average Bonchev–Trinajstić information content (AvgIpc) is 2.10. The van der Waals surface area contributed by atoms with Gasteiger partial charge in [-0.3, -0.25) is 10.1 Å². The normalized spacial score (nSPS) is 10.1. The van der Waals surface area contributed by atoms with Crippen LogP contribution in [-0.4, -0.2) is 15.4 Å². The number of phenolic OH excluding ortho intramolecular Hbond substituents is 1. The Morgan fingerprint density at radius 1 is 1.57 bits per heavy atom. The number of aryl methyl sites for hydroxylation is 1. The zero-order valence-electron chi connectivity index (χ0n) is 7.24. The monoisotopic (exact) mass is 260 g/mol. The van der Waals surface area contributed by atoms with Crippen LogP contribution in [0.3, 0.4) is 0 Å². The quantitative estimate of drug-likeness (QED) is 0.285. The van der Waals surface area contributed by atoms with Crippen molar-refractivity contribution in [2.45, 2.75) is 6.42 Å². The summed E-state index contributed by atoms with van der Waals surface area (Å²) < 4.78 is 0. The number of phenols is 1. The summed E-state index contributed by atoms with van der Waals surface area (Å²) in [5.41, 5.74) is 6.24. The molecule has 0 fully saturated rings. The van der Waals surface area contributed by atoms with E-state index < -0.39 is 4.92 Å². The third-order valence-electron chi connectivity index (χ3n) is 1.80. The lowest BCUT2D eigenvalue weighted by molar-refractivity contribution is -0.385. The minimum atomic E-state index is -0.663. The maximum absolute atomic E-state index is 10.4. The first-order valence-corrected chi connectivity index (χ1v) is 5.00. The van der Waals surface area contributed by atoms with Gasteiger partial charge in [0.05, 0.1) is 4.92 Å². The molecular weight excluding hydrogens is 252 g/mol. The van der Waals surface area contributed by atoms with Crippen molar-refractivity contribution in [3.63, 3.8) is 0 Å². The summed E-state index contributed by atoms with van der Waals surface area (Å²) in [5, 5.41) is 20.4. The molecule has 0 unspecified atom stereocenters. The van der Waals surface area contributed by atoms with Crippen molar-refractivity contribution in [1.29, 1.82) is 0 Å². The van der Waals surface area contributed by atoms with Crippen molar-refractivity contribution in [2.75, 3.05) is 11.1 Å². The van der Waals surface area contributed by atoms with Crippen molar-refractivity contribution in [1.82, 2.24) is 0 Å². The molecule has 0 aromatic heterocycles. The van der Waals surface area contributed by atoms with E-state index in [2.05, 4.69) is 15.9 Å². The molecule has 5 nitrogen and oxygen atoms in total. The van der Waals surface area contributed by atoms with Gasteiger partial charge in [-0.05, 0) is 18.1 Å². The lowest BCUT2D eigenvalue weighted by atomic mass is 10.1. The van der Waals surface area contributed by atoms with Gasteiger partial charge in [0.1, 0.15) is 0 Å². The van der Waals surface area contributed by atoms with Crippen molar-refractivity contribution >= 4 is 27.3 Å². The minimum Gasteiger partial charge on any atom is -0.502 e. The minimum absolute atomic E-state index is 0.328. The third kappa shape index (κ3) is 2.14. The van der Waals surface area contributed by atoms with E-state index in [0.717, 1.165) is 0 Å². The molecule has 0 aliphatic rings. The van der Waals surface area contributed by atoms with Crippen LogP contribution < -0.4 is 5.73 Å². The number of nitrogen functional groups attached to an aromatic ring is 1. The van der Waals surface area contributed by atoms with Crippen LogP contribution in [0, 0.1) is 10.1 Å². The number of benzene rings is 1. The highest BCUT2D eigenvalue weighted by molar-refractivity contribution is 9.09. The molecule has 0 atom stereocenters. The first-order valence-electron chi connectivity index (χ1n) is 3.88. The van der Waals surface area contributed by atoms with Gasteiger partial charge in [-0.2, -0.15) is 0 Å². The molecule has 1 aromatic carbocycles. The number of nitro groups is 1. The number of rotatable bonds is 3. The molecule has 0 saturated heterocycles. The molecule has 0 heterocycles. The first-order chi connectivity index (χ1) is 6.56. The van der Waals surface area contributed by atoms with Crippen LogP contribution in [0.4, 0.5) is 11.4 Å². The number of nitrogens with zero attached hydrogens (tertiary/aromatic N) is 1. The van der Waals surface area contributed by atoms with E-state index in [-0.39, 0.29) is 11.4 Å². The topological polar surface area (TPSA) is 89.4 Å².